The molecule has 0 bridgehead atoms. The molecular formula is C29H31F6N3O4. The third-order valence-corrected chi connectivity index (χ3v) is 6.39. The van der Waals surface area contributed by atoms with Crippen LogP contribution in [0.5, 0.6) is 0 Å². The molecule has 0 radical (unpaired) electrons. The van der Waals surface area contributed by atoms with Crippen molar-refractivity contribution in [1.29, 1.82) is 0 Å². The number of aliphatic imine (C=N–C) groups is 1. The summed E-state index contributed by atoms with van der Waals surface area (Å²) in [5, 5.41) is 2.23. The van der Waals surface area contributed by atoms with Gasteiger partial charge in [0.2, 0.25) is 12.1 Å². The Morgan fingerprint density at radius 2 is 1.52 bits per heavy atom. The zero-order valence-electron chi connectivity index (χ0n) is 23.3. The third kappa shape index (κ3) is 8.80. The summed E-state index contributed by atoms with van der Waals surface area (Å²) in [5.74, 6) is -8.08. The fourth-order valence-corrected chi connectivity index (χ4v) is 4.54. The normalized spacial score (nSPS) is 17.5. The molecule has 0 unspecified atom stereocenters. The number of ether oxygens (including phenoxy) is 1. The van der Waals surface area contributed by atoms with E-state index in [9.17, 15) is 40.7 Å². The van der Waals surface area contributed by atoms with E-state index in [-0.39, 0.29) is 5.71 Å². The highest BCUT2D eigenvalue weighted by molar-refractivity contribution is 6.20. The Morgan fingerprint density at radius 3 is 2.10 bits per heavy atom. The van der Waals surface area contributed by atoms with Crippen molar-refractivity contribution in [2.45, 2.75) is 64.2 Å². The highest BCUT2D eigenvalue weighted by Crippen LogP contribution is 2.36. The zero-order chi connectivity index (χ0) is 31.5. The monoisotopic (exact) mass is 599 g/mol. The number of halogens is 6. The lowest BCUT2D eigenvalue weighted by Crippen LogP contribution is -2.50. The molecule has 3 rings (SSSR count). The maximum absolute atomic E-state index is 13.6. The number of hydrogen-bond acceptors (Lipinski definition) is 5. The Kier molecular flexibility index (Phi) is 9.74. The molecule has 0 fully saturated rings. The summed E-state index contributed by atoms with van der Waals surface area (Å²) < 4.78 is 85.4. The molecule has 2 aromatic carbocycles. The lowest BCUT2D eigenvalue weighted by atomic mass is 9.84. The van der Waals surface area contributed by atoms with Crippen LogP contribution in [0.25, 0.3) is 0 Å². The van der Waals surface area contributed by atoms with E-state index in [1.165, 1.54) is 32.7 Å². The number of hydrogen-bond donors (Lipinski definition) is 1. The number of fused-ring (bicyclic) bond motifs is 1. The van der Waals surface area contributed by atoms with Crippen LogP contribution in [-0.2, 0) is 19.1 Å². The van der Waals surface area contributed by atoms with Gasteiger partial charge in [0.1, 0.15) is 5.60 Å². The van der Waals surface area contributed by atoms with Crippen molar-refractivity contribution in [2.24, 2.45) is 16.8 Å². The number of para-hydroxylation sites is 1. The molecule has 3 atom stereocenters. The second-order valence-corrected chi connectivity index (χ2v) is 10.9. The van der Waals surface area contributed by atoms with Crippen molar-refractivity contribution < 1.29 is 45.5 Å². The van der Waals surface area contributed by atoms with Gasteiger partial charge in [-0.2, -0.15) is 26.3 Å². The number of anilines is 1. The van der Waals surface area contributed by atoms with Crippen molar-refractivity contribution in [3.8, 4) is 0 Å². The maximum Gasteiger partial charge on any atom is 0.389 e. The van der Waals surface area contributed by atoms with Gasteiger partial charge in [0.05, 0.1) is 29.7 Å². The van der Waals surface area contributed by atoms with Crippen LogP contribution >= 0.6 is 0 Å². The molecule has 1 aliphatic heterocycles. The fourth-order valence-electron chi connectivity index (χ4n) is 4.54. The zero-order valence-corrected chi connectivity index (χ0v) is 23.3. The van der Waals surface area contributed by atoms with Crippen molar-refractivity contribution in [3.05, 3.63) is 65.7 Å². The number of alkyl halides is 6. The minimum atomic E-state index is -5.02. The smallest absolute Gasteiger partial charge is 0.389 e. The summed E-state index contributed by atoms with van der Waals surface area (Å²) in [6, 6.07) is 15.2. The van der Waals surface area contributed by atoms with Crippen LogP contribution in [-0.4, -0.2) is 54.7 Å². The van der Waals surface area contributed by atoms with Crippen LogP contribution in [0.4, 0.5) is 32.0 Å². The van der Waals surface area contributed by atoms with E-state index < -0.39 is 73.0 Å². The maximum atomic E-state index is 13.6. The molecule has 2 aromatic rings. The van der Waals surface area contributed by atoms with Gasteiger partial charge in [-0.25, -0.2) is 4.99 Å². The number of nitrogens with zero attached hydrogens (tertiary/aromatic N) is 2. The van der Waals surface area contributed by atoms with Crippen molar-refractivity contribution in [1.82, 2.24) is 5.32 Å². The van der Waals surface area contributed by atoms with E-state index in [2.05, 4.69) is 10.3 Å². The standard InChI is InChI=1S/C29H31F6N3O4/c1-27(2,3)42-26(41)20(16-29(33,34)35)18(14-15-28(30,31)32)24(39)37-23-25(40)38(4)21-13-9-8-12-19(21)22(36-23)17-10-6-5-7-11-17/h5-13,18,20,23H,14-16H2,1-4H3,(H,37,39)/t18-,20+,23-/m1/s1. The molecule has 228 valence electrons. The number of rotatable bonds is 8. The van der Waals surface area contributed by atoms with Gasteiger partial charge in [0.15, 0.2) is 0 Å². The van der Waals surface area contributed by atoms with E-state index in [1.807, 2.05) is 0 Å². The van der Waals surface area contributed by atoms with Gasteiger partial charge in [-0.3, -0.25) is 14.4 Å². The molecule has 13 heteroatoms. The van der Waals surface area contributed by atoms with Crippen LogP contribution in [0.1, 0.15) is 51.2 Å². The number of benzene rings is 2. The van der Waals surface area contributed by atoms with Crippen LogP contribution in [0, 0.1) is 11.8 Å². The van der Waals surface area contributed by atoms with Gasteiger partial charge in [0.25, 0.3) is 5.91 Å². The van der Waals surface area contributed by atoms with Gasteiger partial charge < -0.3 is 15.0 Å². The minimum absolute atomic E-state index is 0.264. The fraction of sp³-hybridized carbons (Fsp3) is 0.448. The molecule has 0 spiro atoms. The van der Waals surface area contributed by atoms with E-state index in [4.69, 9.17) is 4.74 Å². The number of nitrogens with one attached hydrogen (secondary N) is 1. The second kappa shape index (κ2) is 12.5. The van der Waals surface area contributed by atoms with Gasteiger partial charge in [-0.1, -0.05) is 48.5 Å². The quantitative estimate of drug-likeness (QED) is 0.307. The minimum Gasteiger partial charge on any atom is -0.460 e. The summed E-state index contributed by atoms with van der Waals surface area (Å²) in [7, 11) is 1.40. The van der Waals surface area contributed by atoms with E-state index in [0.29, 0.717) is 16.8 Å². The highest BCUT2D eigenvalue weighted by Gasteiger charge is 2.46. The first-order valence-electron chi connectivity index (χ1n) is 13.0. The summed E-state index contributed by atoms with van der Waals surface area (Å²) in [5.41, 5.74) is 0.449. The first kappa shape index (κ1) is 32.6. The molecule has 1 heterocycles. The lowest BCUT2D eigenvalue weighted by Gasteiger charge is -2.30. The molecule has 1 aliphatic rings. The molecule has 1 N–H and O–H groups in total. The van der Waals surface area contributed by atoms with Crippen LogP contribution in [0.15, 0.2) is 59.6 Å². The molecule has 0 aromatic heterocycles. The summed E-state index contributed by atoms with van der Waals surface area (Å²) in [6.07, 6.45) is -16.3. The number of carbonyl (C=O) groups is 3. The molecule has 0 saturated heterocycles. The van der Waals surface area contributed by atoms with Crippen LogP contribution < -0.4 is 10.2 Å². The molecule has 0 saturated carbocycles. The first-order valence-corrected chi connectivity index (χ1v) is 13.0. The Hall–Kier alpha value is -3.90. The number of amides is 2. The topological polar surface area (TPSA) is 88.1 Å². The number of carbonyl (C=O) groups excluding carboxylic acids is 3. The van der Waals surface area contributed by atoms with Gasteiger partial charge >= 0.3 is 18.3 Å². The summed E-state index contributed by atoms with van der Waals surface area (Å²) in [4.78, 5) is 45.4. The SMILES string of the molecule is CN1C(=O)[C@@H](NC(=O)[C@H](CCC(F)(F)F)[C@H](CC(F)(F)F)C(=O)OC(C)(C)C)N=C(c2ccccc2)c2ccccc21. The summed E-state index contributed by atoms with van der Waals surface area (Å²) in [6.45, 7) is 4.12. The predicted molar refractivity (Wildman–Crippen MR) is 143 cm³/mol. The Balaban J connectivity index is 2.07. The van der Waals surface area contributed by atoms with Crippen LogP contribution in [0.3, 0.4) is 0 Å². The molecule has 7 nitrogen and oxygen atoms in total. The highest BCUT2D eigenvalue weighted by atomic mass is 19.4. The third-order valence-electron chi connectivity index (χ3n) is 6.39. The molecular weight excluding hydrogens is 568 g/mol. The average molecular weight is 600 g/mol. The van der Waals surface area contributed by atoms with E-state index in [0.717, 1.165) is 0 Å². The number of benzodiazepines with no additional fused rings is 1. The molecule has 0 aliphatic carbocycles. The van der Waals surface area contributed by atoms with Gasteiger partial charge in [-0.05, 0) is 33.3 Å². The second-order valence-electron chi connectivity index (χ2n) is 10.9. The Bertz CT molecular complexity index is 1320. The number of likely N-dealkylation sites (N-methyl/N-ethyl adjacent to an activating group) is 1. The largest absolute Gasteiger partial charge is 0.460 e. The average Bonchev–Trinajstić information content (AvgIpc) is 2.97. The molecule has 42 heavy (non-hydrogen) atoms. The van der Waals surface area contributed by atoms with Crippen molar-refractivity contribution in [3.63, 3.8) is 0 Å². The van der Waals surface area contributed by atoms with E-state index >= 15 is 0 Å². The van der Waals surface area contributed by atoms with Crippen molar-refractivity contribution >= 4 is 29.2 Å². The van der Waals surface area contributed by atoms with E-state index in [1.54, 1.807) is 54.6 Å². The first-order chi connectivity index (χ1) is 19.4. The predicted octanol–water partition coefficient (Wildman–Crippen LogP) is 5.81. The molecule has 2 amide bonds. The lowest BCUT2D eigenvalue weighted by molar-refractivity contribution is -0.183. The van der Waals surface area contributed by atoms with Crippen LogP contribution in [0.2, 0.25) is 0 Å². The summed E-state index contributed by atoms with van der Waals surface area (Å²) >= 11 is 0. The van der Waals surface area contributed by atoms with Crippen molar-refractivity contribution in [2.75, 3.05) is 11.9 Å². The number of esters is 1. The van der Waals surface area contributed by atoms with Gasteiger partial charge in [-0.15, -0.1) is 0 Å². The Labute approximate surface area is 238 Å². The van der Waals surface area contributed by atoms with Gasteiger partial charge in [0, 0.05) is 24.6 Å². The Morgan fingerprint density at radius 1 is 0.929 bits per heavy atom.